The zero-order valence-corrected chi connectivity index (χ0v) is 10.6. The van der Waals surface area contributed by atoms with Crippen LogP contribution in [0.3, 0.4) is 0 Å². The van der Waals surface area contributed by atoms with Gasteiger partial charge in [0, 0.05) is 30.1 Å². The van der Waals surface area contributed by atoms with Gasteiger partial charge in [-0.05, 0) is 42.5 Å². The summed E-state index contributed by atoms with van der Waals surface area (Å²) in [5.74, 6) is 0.246. The van der Waals surface area contributed by atoms with Crippen molar-refractivity contribution in [1.82, 2.24) is 0 Å². The maximum Gasteiger partial charge on any atom is 0.227 e. The standard InChI is InChI=1S/C13H16N4O/c1-9-3-4-10(2)12(5-9)17-8-11(6-13(17)18)7-15-16-14/h3-5,11H,6-8H2,1-2H3. The smallest absolute Gasteiger partial charge is 0.227 e. The van der Waals surface area contributed by atoms with Crippen molar-refractivity contribution in [2.45, 2.75) is 20.3 Å². The third-order valence-corrected chi connectivity index (χ3v) is 3.26. The third kappa shape index (κ3) is 2.46. The summed E-state index contributed by atoms with van der Waals surface area (Å²) in [7, 11) is 0. The molecule has 1 aliphatic rings. The highest BCUT2D eigenvalue weighted by Crippen LogP contribution is 2.28. The molecule has 0 aliphatic carbocycles. The highest BCUT2D eigenvalue weighted by molar-refractivity contribution is 5.96. The van der Waals surface area contributed by atoms with Crippen molar-refractivity contribution in [2.24, 2.45) is 11.0 Å². The Kier molecular flexibility index (Phi) is 3.53. The fourth-order valence-corrected chi connectivity index (χ4v) is 2.30. The van der Waals surface area contributed by atoms with Crippen LogP contribution in [-0.4, -0.2) is 19.0 Å². The normalized spacial score (nSPS) is 18.9. The van der Waals surface area contributed by atoms with Crippen molar-refractivity contribution in [1.29, 1.82) is 0 Å². The number of hydrogen-bond acceptors (Lipinski definition) is 2. The molecular formula is C13H16N4O. The third-order valence-electron chi connectivity index (χ3n) is 3.26. The summed E-state index contributed by atoms with van der Waals surface area (Å²) in [5.41, 5.74) is 11.5. The van der Waals surface area contributed by atoms with Gasteiger partial charge in [0.25, 0.3) is 0 Å². The molecule has 0 aromatic heterocycles. The molecule has 5 heteroatoms. The summed E-state index contributed by atoms with van der Waals surface area (Å²) in [6.45, 7) is 5.05. The van der Waals surface area contributed by atoms with Gasteiger partial charge in [0.05, 0.1) is 0 Å². The van der Waals surface area contributed by atoms with E-state index in [1.54, 1.807) is 4.90 Å². The Morgan fingerprint density at radius 2 is 2.28 bits per heavy atom. The van der Waals surface area contributed by atoms with E-state index in [2.05, 4.69) is 10.0 Å². The van der Waals surface area contributed by atoms with E-state index < -0.39 is 0 Å². The van der Waals surface area contributed by atoms with Crippen molar-refractivity contribution >= 4 is 11.6 Å². The highest BCUT2D eigenvalue weighted by atomic mass is 16.2. The second-order valence-corrected chi connectivity index (χ2v) is 4.78. The second-order valence-electron chi connectivity index (χ2n) is 4.78. The lowest BCUT2D eigenvalue weighted by molar-refractivity contribution is -0.117. The van der Waals surface area contributed by atoms with Gasteiger partial charge in [-0.2, -0.15) is 0 Å². The van der Waals surface area contributed by atoms with Crippen molar-refractivity contribution in [3.63, 3.8) is 0 Å². The van der Waals surface area contributed by atoms with Gasteiger partial charge in [-0.25, -0.2) is 0 Å². The molecule has 18 heavy (non-hydrogen) atoms. The van der Waals surface area contributed by atoms with Crippen molar-refractivity contribution in [2.75, 3.05) is 18.0 Å². The largest absolute Gasteiger partial charge is 0.312 e. The number of benzene rings is 1. The molecule has 0 radical (unpaired) electrons. The first-order valence-corrected chi connectivity index (χ1v) is 6.00. The van der Waals surface area contributed by atoms with Gasteiger partial charge in [-0.15, -0.1) is 0 Å². The van der Waals surface area contributed by atoms with E-state index in [4.69, 9.17) is 5.53 Å². The van der Waals surface area contributed by atoms with Crippen LogP contribution in [0.2, 0.25) is 0 Å². The SMILES string of the molecule is Cc1ccc(C)c(N2CC(CN=[N+]=[N-])CC2=O)c1. The predicted octanol–water partition coefficient (Wildman–Crippen LogP) is 2.97. The number of azide groups is 1. The van der Waals surface area contributed by atoms with Crippen LogP contribution >= 0.6 is 0 Å². The molecule has 2 rings (SSSR count). The predicted molar refractivity (Wildman–Crippen MR) is 70.4 cm³/mol. The number of rotatable bonds is 3. The summed E-state index contributed by atoms with van der Waals surface area (Å²) in [5, 5.41) is 3.56. The van der Waals surface area contributed by atoms with Crippen LogP contribution in [-0.2, 0) is 4.79 Å². The lowest BCUT2D eigenvalue weighted by Gasteiger charge is -2.19. The molecule has 1 aromatic rings. The molecule has 5 nitrogen and oxygen atoms in total. The van der Waals surface area contributed by atoms with Gasteiger partial charge >= 0.3 is 0 Å². The average Bonchev–Trinajstić information content (AvgIpc) is 2.71. The molecule has 0 spiro atoms. The minimum atomic E-state index is 0.113. The van der Waals surface area contributed by atoms with Gasteiger partial charge in [0.15, 0.2) is 0 Å². The van der Waals surface area contributed by atoms with Crippen molar-refractivity contribution in [3.8, 4) is 0 Å². The van der Waals surface area contributed by atoms with Crippen LogP contribution in [0.5, 0.6) is 0 Å². The molecular weight excluding hydrogens is 228 g/mol. The molecule has 1 amide bonds. The Labute approximate surface area is 106 Å². The average molecular weight is 244 g/mol. The van der Waals surface area contributed by atoms with Crippen molar-refractivity contribution in [3.05, 3.63) is 39.8 Å². The van der Waals surface area contributed by atoms with Crippen LogP contribution in [0, 0.1) is 19.8 Å². The van der Waals surface area contributed by atoms with E-state index in [9.17, 15) is 4.79 Å². The molecule has 1 aliphatic heterocycles. The lowest BCUT2D eigenvalue weighted by Crippen LogP contribution is -2.25. The first-order chi connectivity index (χ1) is 8.61. The quantitative estimate of drug-likeness (QED) is 0.458. The van der Waals surface area contributed by atoms with Gasteiger partial charge in [0.2, 0.25) is 5.91 Å². The molecule has 1 fully saturated rings. The van der Waals surface area contributed by atoms with Crippen LogP contribution in [0.4, 0.5) is 5.69 Å². The minimum Gasteiger partial charge on any atom is -0.312 e. The second kappa shape index (κ2) is 5.10. The van der Waals surface area contributed by atoms with Gasteiger partial charge in [-0.1, -0.05) is 17.2 Å². The molecule has 0 bridgehead atoms. The summed E-state index contributed by atoms with van der Waals surface area (Å²) in [6, 6.07) is 6.10. The maximum absolute atomic E-state index is 12.0. The molecule has 1 saturated heterocycles. The molecule has 1 heterocycles. The first-order valence-electron chi connectivity index (χ1n) is 6.00. The van der Waals surface area contributed by atoms with E-state index in [0.717, 1.165) is 16.8 Å². The van der Waals surface area contributed by atoms with E-state index in [1.807, 2.05) is 32.0 Å². The molecule has 1 aromatic carbocycles. The first kappa shape index (κ1) is 12.5. The summed E-state index contributed by atoms with van der Waals surface area (Å²) >= 11 is 0. The zero-order valence-electron chi connectivity index (χ0n) is 10.6. The van der Waals surface area contributed by atoms with Gasteiger partial charge in [-0.3, -0.25) is 4.79 Å². The van der Waals surface area contributed by atoms with Gasteiger partial charge < -0.3 is 4.90 Å². The number of hydrogen-bond donors (Lipinski definition) is 0. The van der Waals surface area contributed by atoms with E-state index in [0.29, 0.717) is 19.5 Å². The van der Waals surface area contributed by atoms with Gasteiger partial charge in [0.1, 0.15) is 0 Å². The van der Waals surface area contributed by atoms with Crippen molar-refractivity contribution < 1.29 is 4.79 Å². The lowest BCUT2D eigenvalue weighted by atomic mass is 10.1. The highest BCUT2D eigenvalue weighted by Gasteiger charge is 2.30. The van der Waals surface area contributed by atoms with Crippen LogP contribution in [0.1, 0.15) is 17.5 Å². The Bertz CT molecular complexity index is 520. The number of carbonyl (C=O) groups is 1. The van der Waals surface area contributed by atoms with Crippen LogP contribution in [0.15, 0.2) is 23.3 Å². The van der Waals surface area contributed by atoms with E-state index in [1.165, 1.54) is 0 Å². The minimum absolute atomic E-state index is 0.113. The fourth-order valence-electron chi connectivity index (χ4n) is 2.30. The number of nitrogens with zero attached hydrogens (tertiary/aromatic N) is 4. The molecule has 0 N–H and O–H groups in total. The number of anilines is 1. The van der Waals surface area contributed by atoms with Crippen LogP contribution < -0.4 is 4.90 Å². The number of aryl methyl sites for hydroxylation is 2. The number of carbonyl (C=O) groups excluding carboxylic acids is 1. The number of amides is 1. The maximum atomic E-state index is 12.0. The molecule has 1 unspecified atom stereocenters. The molecule has 94 valence electrons. The Hall–Kier alpha value is -2.00. The summed E-state index contributed by atoms with van der Waals surface area (Å²) in [4.78, 5) is 16.6. The monoisotopic (exact) mass is 244 g/mol. The van der Waals surface area contributed by atoms with Crippen LogP contribution in [0.25, 0.3) is 10.4 Å². The summed E-state index contributed by atoms with van der Waals surface area (Å²) < 4.78 is 0. The Balaban J connectivity index is 2.21. The molecule has 0 saturated carbocycles. The van der Waals surface area contributed by atoms with E-state index in [-0.39, 0.29) is 11.8 Å². The van der Waals surface area contributed by atoms with E-state index >= 15 is 0 Å². The zero-order chi connectivity index (χ0) is 13.1. The topological polar surface area (TPSA) is 69.1 Å². The Morgan fingerprint density at radius 3 is 3.00 bits per heavy atom. The Morgan fingerprint density at radius 1 is 1.50 bits per heavy atom. The fraction of sp³-hybridized carbons (Fsp3) is 0.462. The molecule has 1 atom stereocenters. The summed E-state index contributed by atoms with van der Waals surface area (Å²) in [6.07, 6.45) is 0.465.